The van der Waals surface area contributed by atoms with Gasteiger partial charge in [-0.05, 0) is 39.6 Å². The Balaban J connectivity index is 1.49. The van der Waals surface area contributed by atoms with Gasteiger partial charge in [-0.15, -0.1) is 10.2 Å². The van der Waals surface area contributed by atoms with Crippen molar-refractivity contribution in [1.29, 1.82) is 0 Å². The summed E-state index contributed by atoms with van der Waals surface area (Å²) < 4.78 is 6.38. The third-order valence-electron chi connectivity index (χ3n) is 7.95. The molecule has 0 aliphatic rings. The van der Waals surface area contributed by atoms with Crippen molar-refractivity contribution in [2.24, 2.45) is 0 Å². The number of rotatable bonds is 5. The molecule has 0 N–H and O–H groups in total. The van der Waals surface area contributed by atoms with Crippen LogP contribution in [0.1, 0.15) is 0 Å². The minimum atomic E-state index is 0.777. The SMILES string of the molecule is c1ccc(-c2ccc3oc4ccccc4c3c2-c2ccccc2-c2nnnc(-c3ccccc3)c2-c2ccccc2)cc1. The topological polar surface area (TPSA) is 51.8 Å². The van der Waals surface area contributed by atoms with Gasteiger partial charge in [0.05, 0.1) is 0 Å². The van der Waals surface area contributed by atoms with Crippen molar-refractivity contribution in [3.8, 4) is 55.9 Å². The third kappa shape index (κ3) is 4.28. The van der Waals surface area contributed by atoms with E-state index in [2.05, 4.69) is 107 Å². The summed E-state index contributed by atoms with van der Waals surface area (Å²) in [4.78, 5) is 0. The highest BCUT2D eigenvalue weighted by Gasteiger charge is 2.24. The Morgan fingerprint density at radius 2 is 0.953 bits per heavy atom. The van der Waals surface area contributed by atoms with Crippen molar-refractivity contribution in [3.63, 3.8) is 0 Å². The number of fused-ring (bicyclic) bond motifs is 3. The van der Waals surface area contributed by atoms with Gasteiger partial charge in [-0.2, -0.15) is 0 Å². The lowest BCUT2D eigenvalue weighted by atomic mass is 9.86. The van der Waals surface area contributed by atoms with Crippen LogP contribution in [0.25, 0.3) is 77.8 Å². The van der Waals surface area contributed by atoms with E-state index in [0.29, 0.717) is 0 Å². The molecular formula is C39H25N3O. The van der Waals surface area contributed by atoms with Crippen LogP contribution in [0.3, 0.4) is 0 Å². The van der Waals surface area contributed by atoms with Gasteiger partial charge >= 0.3 is 0 Å². The largest absolute Gasteiger partial charge is 0.456 e. The van der Waals surface area contributed by atoms with Crippen LogP contribution in [0, 0.1) is 0 Å². The Kier molecular flexibility index (Phi) is 6.08. The van der Waals surface area contributed by atoms with Gasteiger partial charge in [0.15, 0.2) is 0 Å². The first kappa shape index (κ1) is 24.9. The average Bonchev–Trinajstić information content (AvgIpc) is 3.47. The summed E-state index contributed by atoms with van der Waals surface area (Å²) in [6.45, 7) is 0. The number of furan rings is 1. The highest BCUT2D eigenvalue weighted by atomic mass is 16.3. The standard InChI is InChI=1S/C39H25N3O/c1-4-14-26(15-5-1)29-24-25-34-37(32-22-12-13-23-33(32)43-34)36(29)30-20-10-11-21-31(30)39-35(27-16-6-2-7-17-27)38(40-42-41-39)28-18-8-3-9-19-28/h1-25H. The molecule has 202 valence electrons. The number of nitrogens with zero attached hydrogens (tertiary/aromatic N) is 3. The molecule has 2 heterocycles. The second kappa shape index (κ2) is 10.5. The highest BCUT2D eigenvalue weighted by Crippen LogP contribution is 2.47. The van der Waals surface area contributed by atoms with Crippen LogP contribution < -0.4 is 0 Å². The molecule has 0 spiro atoms. The Labute approximate surface area is 248 Å². The summed E-state index contributed by atoms with van der Waals surface area (Å²) in [5, 5.41) is 15.8. The van der Waals surface area contributed by atoms with Crippen LogP contribution in [-0.4, -0.2) is 15.4 Å². The lowest BCUT2D eigenvalue weighted by molar-refractivity contribution is 0.669. The molecule has 2 aromatic heterocycles. The Hall–Kier alpha value is -5.87. The van der Waals surface area contributed by atoms with E-state index >= 15 is 0 Å². The molecule has 0 saturated heterocycles. The molecule has 0 unspecified atom stereocenters. The van der Waals surface area contributed by atoms with Crippen molar-refractivity contribution >= 4 is 21.9 Å². The zero-order chi connectivity index (χ0) is 28.6. The molecule has 8 rings (SSSR count). The predicted molar refractivity (Wildman–Crippen MR) is 174 cm³/mol. The molecule has 0 amide bonds. The zero-order valence-corrected chi connectivity index (χ0v) is 23.2. The molecule has 0 fully saturated rings. The van der Waals surface area contributed by atoms with Crippen LogP contribution in [0.4, 0.5) is 0 Å². The van der Waals surface area contributed by atoms with Crippen molar-refractivity contribution in [3.05, 3.63) is 152 Å². The molecule has 4 heteroatoms. The van der Waals surface area contributed by atoms with Gasteiger partial charge < -0.3 is 4.42 Å². The molecule has 8 aromatic rings. The summed E-state index contributed by atoms with van der Waals surface area (Å²) in [7, 11) is 0. The van der Waals surface area contributed by atoms with E-state index < -0.39 is 0 Å². The number of para-hydroxylation sites is 1. The molecule has 0 saturated carbocycles. The summed E-state index contributed by atoms with van der Waals surface area (Å²) in [6.07, 6.45) is 0. The summed E-state index contributed by atoms with van der Waals surface area (Å²) >= 11 is 0. The second-order valence-corrected chi connectivity index (χ2v) is 10.5. The molecule has 6 aromatic carbocycles. The molecule has 0 aliphatic carbocycles. The number of aromatic nitrogens is 3. The zero-order valence-electron chi connectivity index (χ0n) is 23.2. The predicted octanol–water partition coefficient (Wildman–Crippen LogP) is 10.1. The molecule has 0 atom stereocenters. The maximum absolute atomic E-state index is 6.38. The summed E-state index contributed by atoms with van der Waals surface area (Å²) in [5.74, 6) is 0. The fourth-order valence-electron chi connectivity index (χ4n) is 6.05. The first-order chi connectivity index (χ1) is 21.4. The maximum atomic E-state index is 6.38. The van der Waals surface area contributed by atoms with Gasteiger partial charge in [0, 0.05) is 33.0 Å². The van der Waals surface area contributed by atoms with Crippen LogP contribution in [-0.2, 0) is 0 Å². The van der Waals surface area contributed by atoms with E-state index in [1.165, 1.54) is 0 Å². The van der Waals surface area contributed by atoms with Crippen LogP contribution in [0.15, 0.2) is 156 Å². The van der Waals surface area contributed by atoms with Crippen LogP contribution in [0.2, 0.25) is 0 Å². The first-order valence-electron chi connectivity index (χ1n) is 14.3. The molecule has 43 heavy (non-hydrogen) atoms. The van der Waals surface area contributed by atoms with Gasteiger partial charge in [-0.1, -0.05) is 140 Å². The second-order valence-electron chi connectivity index (χ2n) is 10.5. The average molecular weight is 552 g/mol. The van der Waals surface area contributed by atoms with E-state index in [0.717, 1.165) is 77.8 Å². The fourth-order valence-corrected chi connectivity index (χ4v) is 6.05. The molecule has 0 bridgehead atoms. The fraction of sp³-hybridized carbons (Fsp3) is 0. The third-order valence-corrected chi connectivity index (χ3v) is 7.95. The molecular weight excluding hydrogens is 526 g/mol. The van der Waals surface area contributed by atoms with Crippen LogP contribution in [0.5, 0.6) is 0 Å². The van der Waals surface area contributed by atoms with Crippen LogP contribution >= 0.6 is 0 Å². The van der Waals surface area contributed by atoms with Crippen molar-refractivity contribution < 1.29 is 4.42 Å². The number of hydrogen-bond donors (Lipinski definition) is 0. The summed E-state index contributed by atoms with van der Waals surface area (Å²) in [5.41, 5.74) is 11.6. The van der Waals surface area contributed by atoms with E-state index in [4.69, 9.17) is 9.52 Å². The van der Waals surface area contributed by atoms with E-state index in [1.807, 2.05) is 54.6 Å². The minimum absolute atomic E-state index is 0.777. The van der Waals surface area contributed by atoms with Crippen molar-refractivity contribution in [1.82, 2.24) is 15.4 Å². The Morgan fingerprint density at radius 3 is 1.70 bits per heavy atom. The first-order valence-corrected chi connectivity index (χ1v) is 14.3. The van der Waals surface area contributed by atoms with Crippen molar-refractivity contribution in [2.45, 2.75) is 0 Å². The lowest BCUT2D eigenvalue weighted by Crippen LogP contribution is -2.01. The smallest absolute Gasteiger partial charge is 0.136 e. The monoisotopic (exact) mass is 551 g/mol. The molecule has 0 radical (unpaired) electrons. The van der Waals surface area contributed by atoms with E-state index in [-0.39, 0.29) is 0 Å². The normalized spacial score (nSPS) is 11.3. The number of hydrogen-bond acceptors (Lipinski definition) is 4. The van der Waals surface area contributed by atoms with Gasteiger partial charge in [0.25, 0.3) is 0 Å². The molecule has 4 nitrogen and oxygen atoms in total. The van der Waals surface area contributed by atoms with Crippen molar-refractivity contribution in [2.75, 3.05) is 0 Å². The Morgan fingerprint density at radius 1 is 0.372 bits per heavy atom. The van der Waals surface area contributed by atoms with E-state index in [1.54, 1.807) is 0 Å². The van der Waals surface area contributed by atoms with Gasteiger partial charge in [0.1, 0.15) is 22.6 Å². The number of benzene rings is 6. The highest BCUT2D eigenvalue weighted by molar-refractivity contribution is 6.17. The molecule has 0 aliphatic heterocycles. The summed E-state index contributed by atoms with van der Waals surface area (Å²) in [6, 6.07) is 52.0. The lowest BCUT2D eigenvalue weighted by Gasteiger charge is -2.18. The maximum Gasteiger partial charge on any atom is 0.136 e. The quantitative estimate of drug-likeness (QED) is 0.214. The van der Waals surface area contributed by atoms with Gasteiger partial charge in [-0.25, -0.2) is 0 Å². The van der Waals surface area contributed by atoms with Gasteiger partial charge in [-0.3, -0.25) is 0 Å². The Bertz CT molecular complexity index is 2220. The minimum Gasteiger partial charge on any atom is -0.456 e. The van der Waals surface area contributed by atoms with E-state index in [9.17, 15) is 0 Å². The van der Waals surface area contributed by atoms with Gasteiger partial charge in [0.2, 0.25) is 0 Å².